The molecular formula is C21H18ClN5O2. The number of H-pyrrole nitrogens is 1. The molecule has 0 aliphatic rings. The first kappa shape index (κ1) is 18.8. The summed E-state index contributed by atoms with van der Waals surface area (Å²) in [5.74, 6) is 0.456. The molecule has 8 heteroatoms. The molecule has 0 aliphatic carbocycles. The fraction of sp³-hybridized carbons (Fsp3) is 0.0952. The Morgan fingerprint density at radius 1 is 1.21 bits per heavy atom. The van der Waals surface area contributed by atoms with Gasteiger partial charge >= 0.3 is 0 Å². The molecule has 0 bridgehead atoms. The van der Waals surface area contributed by atoms with E-state index in [1.807, 2.05) is 48.5 Å². The van der Waals surface area contributed by atoms with Gasteiger partial charge in [0.25, 0.3) is 5.91 Å². The molecule has 2 aromatic heterocycles. The third-order valence-corrected chi connectivity index (χ3v) is 4.51. The topological polar surface area (TPSA) is 84.8 Å². The summed E-state index contributed by atoms with van der Waals surface area (Å²) >= 11 is 5.90. The van der Waals surface area contributed by atoms with E-state index in [1.54, 1.807) is 30.3 Å². The van der Waals surface area contributed by atoms with Crippen molar-refractivity contribution in [3.8, 4) is 17.0 Å². The van der Waals surface area contributed by atoms with Gasteiger partial charge in [0, 0.05) is 17.4 Å². The van der Waals surface area contributed by atoms with Crippen molar-refractivity contribution < 1.29 is 9.53 Å². The molecule has 0 spiro atoms. The highest BCUT2D eigenvalue weighted by Gasteiger charge is 2.12. The zero-order chi connectivity index (χ0) is 20.2. The number of carbonyl (C=O) groups excluding carboxylic acids is 1. The Hall–Kier alpha value is -3.58. The Bertz CT molecular complexity index is 1150. The number of ether oxygens (including phenoxy) is 1. The van der Waals surface area contributed by atoms with Crippen molar-refractivity contribution in [1.82, 2.24) is 20.0 Å². The lowest BCUT2D eigenvalue weighted by Gasteiger charge is -2.07. The average molecular weight is 408 g/mol. The minimum Gasteiger partial charge on any atom is -0.497 e. The fourth-order valence-corrected chi connectivity index (χ4v) is 3.08. The highest BCUT2D eigenvalue weighted by Crippen LogP contribution is 2.23. The van der Waals surface area contributed by atoms with Gasteiger partial charge in [-0.15, -0.1) is 0 Å². The minimum absolute atomic E-state index is 0.272. The van der Waals surface area contributed by atoms with Crippen LogP contribution in [0.5, 0.6) is 5.75 Å². The largest absolute Gasteiger partial charge is 0.497 e. The van der Waals surface area contributed by atoms with Gasteiger partial charge in [-0.05, 0) is 35.9 Å². The third kappa shape index (κ3) is 4.47. The number of rotatable bonds is 6. The van der Waals surface area contributed by atoms with Crippen LogP contribution < -0.4 is 10.1 Å². The van der Waals surface area contributed by atoms with E-state index in [9.17, 15) is 4.79 Å². The molecule has 0 saturated carbocycles. The number of aromatic nitrogens is 4. The molecule has 0 saturated heterocycles. The highest BCUT2D eigenvalue weighted by atomic mass is 35.5. The van der Waals surface area contributed by atoms with Crippen molar-refractivity contribution in [3.63, 3.8) is 0 Å². The van der Waals surface area contributed by atoms with E-state index in [4.69, 9.17) is 16.3 Å². The van der Waals surface area contributed by atoms with Crippen molar-refractivity contribution in [2.45, 2.75) is 6.54 Å². The van der Waals surface area contributed by atoms with E-state index in [-0.39, 0.29) is 5.91 Å². The Balaban J connectivity index is 1.47. The van der Waals surface area contributed by atoms with E-state index in [1.165, 1.54) is 0 Å². The number of halogens is 1. The zero-order valence-electron chi connectivity index (χ0n) is 15.6. The molecule has 0 radical (unpaired) electrons. The molecule has 4 aromatic rings. The lowest BCUT2D eigenvalue weighted by molar-refractivity contribution is 0.102. The van der Waals surface area contributed by atoms with Crippen molar-refractivity contribution in [3.05, 3.63) is 83.3 Å². The van der Waals surface area contributed by atoms with Crippen LogP contribution in [0.2, 0.25) is 5.02 Å². The molecule has 4 rings (SSSR count). The predicted molar refractivity (Wildman–Crippen MR) is 111 cm³/mol. The van der Waals surface area contributed by atoms with E-state index < -0.39 is 0 Å². The summed E-state index contributed by atoms with van der Waals surface area (Å²) in [6, 6.07) is 16.8. The predicted octanol–water partition coefficient (Wildman–Crippen LogP) is 4.24. The molecule has 7 nitrogen and oxygen atoms in total. The molecule has 0 fully saturated rings. The van der Waals surface area contributed by atoms with Crippen molar-refractivity contribution >= 4 is 23.2 Å². The zero-order valence-corrected chi connectivity index (χ0v) is 16.3. The molecule has 1 amide bonds. The quantitative estimate of drug-likeness (QED) is 0.500. The van der Waals surface area contributed by atoms with E-state index in [0.29, 0.717) is 28.6 Å². The number of aromatic amines is 1. The second kappa shape index (κ2) is 8.20. The minimum atomic E-state index is -0.272. The first-order chi connectivity index (χ1) is 14.1. The second-order valence-corrected chi connectivity index (χ2v) is 6.85. The lowest BCUT2D eigenvalue weighted by atomic mass is 10.1. The van der Waals surface area contributed by atoms with Crippen molar-refractivity contribution in [2.75, 3.05) is 12.4 Å². The first-order valence-corrected chi connectivity index (χ1v) is 9.26. The van der Waals surface area contributed by atoms with Gasteiger partial charge in [-0.3, -0.25) is 14.6 Å². The molecule has 2 heterocycles. The molecule has 146 valence electrons. The van der Waals surface area contributed by atoms with Crippen LogP contribution in [-0.2, 0) is 6.54 Å². The molecule has 2 N–H and O–H groups in total. The van der Waals surface area contributed by atoms with Crippen LogP contribution in [0.3, 0.4) is 0 Å². The molecular weight excluding hydrogens is 390 g/mol. The number of hydrogen-bond acceptors (Lipinski definition) is 4. The standard InChI is InChI=1S/C21H18ClN5O2/c1-29-18-7-3-5-15(9-18)19-10-20(26-25-19)21(28)24-17-6-2-4-14(8-17)12-27-13-16(22)11-23-27/h2-11,13H,12H2,1H3,(H,24,28)(H,25,26). The fourth-order valence-electron chi connectivity index (χ4n) is 2.93. The number of methoxy groups -OCH3 is 1. The number of hydrogen-bond donors (Lipinski definition) is 2. The maximum absolute atomic E-state index is 12.6. The maximum atomic E-state index is 12.6. The number of nitrogens with one attached hydrogen (secondary N) is 2. The number of amides is 1. The maximum Gasteiger partial charge on any atom is 0.273 e. The molecule has 0 atom stereocenters. The van der Waals surface area contributed by atoms with Gasteiger partial charge < -0.3 is 10.1 Å². The monoisotopic (exact) mass is 407 g/mol. The van der Waals surface area contributed by atoms with Crippen LogP contribution in [0.15, 0.2) is 67.0 Å². The molecule has 0 aliphatic heterocycles. The van der Waals surface area contributed by atoms with Gasteiger partial charge in [0.1, 0.15) is 11.4 Å². The Morgan fingerprint density at radius 3 is 2.86 bits per heavy atom. The normalized spacial score (nSPS) is 10.7. The summed E-state index contributed by atoms with van der Waals surface area (Å²) < 4.78 is 6.97. The number of nitrogens with zero attached hydrogens (tertiary/aromatic N) is 3. The lowest BCUT2D eigenvalue weighted by Crippen LogP contribution is -2.12. The highest BCUT2D eigenvalue weighted by molar-refractivity contribution is 6.30. The van der Waals surface area contributed by atoms with Gasteiger partial charge in [0.2, 0.25) is 0 Å². The summed E-state index contributed by atoms with van der Waals surface area (Å²) in [7, 11) is 1.61. The summed E-state index contributed by atoms with van der Waals surface area (Å²) in [4.78, 5) is 12.6. The SMILES string of the molecule is COc1cccc(-c2cc(C(=O)Nc3cccc(Cn4cc(Cl)cn4)c3)[nH]n2)c1. The third-order valence-electron chi connectivity index (χ3n) is 4.32. The summed E-state index contributed by atoms with van der Waals surface area (Å²) in [6.07, 6.45) is 3.34. The van der Waals surface area contributed by atoms with Gasteiger partial charge in [-0.1, -0.05) is 35.9 Å². The molecule has 0 unspecified atom stereocenters. The smallest absolute Gasteiger partial charge is 0.273 e. The van der Waals surface area contributed by atoms with Crippen LogP contribution in [0.1, 0.15) is 16.1 Å². The summed E-state index contributed by atoms with van der Waals surface area (Å²) in [5, 5.41) is 14.7. The van der Waals surface area contributed by atoms with Gasteiger partial charge in [-0.25, -0.2) is 0 Å². The van der Waals surface area contributed by atoms with Crippen molar-refractivity contribution in [1.29, 1.82) is 0 Å². The van der Waals surface area contributed by atoms with Crippen LogP contribution in [0.4, 0.5) is 5.69 Å². The average Bonchev–Trinajstić information content (AvgIpc) is 3.38. The Kier molecular flexibility index (Phi) is 5.31. The number of carbonyl (C=O) groups is 1. The van der Waals surface area contributed by atoms with Gasteiger partial charge in [-0.2, -0.15) is 10.2 Å². The second-order valence-electron chi connectivity index (χ2n) is 6.41. The number of anilines is 1. The Labute approximate surface area is 172 Å². The van der Waals surface area contributed by atoms with E-state index in [0.717, 1.165) is 16.9 Å². The Morgan fingerprint density at radius 2 is 2.07 bits per heavy atom. The van der Waals surface area contributed by atoms with Crippen LogP contribution in [-0.4, -0.2) is 33.0 Å². The molecule has 29 heavy (non-hydrogen) atoms. The number of benzene rings is 2. The van der Waals surface area contributed by atoms with Gasteiger partial charge in [0.15, 0.2) is 0 Å². The van der Waals surface area contributed by atoms with Crippen LogP contribution in [0, 0.1) is 0 Å². The van der Waals surface area contributed by atoms with E-state index in [2.05, 4.69) is 20.6 Å². The molecule has 2 aromatic carbocycles. The summed E-state index contributed by atoms with van der Waals surface area (Å²) in [5.41, 5.74) is 3.57. The van der Waals surface area contributed by atoms with E-state index >= 15 is 0 Å². The summed E-state index contributed by atoms with van der Waals surface area (Å²) in [6.45, 7) is 0.556. The van der Waals surface area contributed by atoms with Crippen molar-refractivity contribution in [2.24, 2.45) is 0 Å². The van der Waals surface area contributed by atoms with Crippen LogP contribution in [0.25, 0.3) is 11.3 Å². The van der Waals surface area contributed by atoms with Crippen LogP contribution >= 0.6 is 11.6 Å². The first-order valence-electron chi connectivity index (χ1n) is 8.89. The van der Waals surface area contributed by atoms with Gasteiger partial charge in [0.05, 0.1) is 30.6 Å².